The van der Waals surface area contributed by atoms with Crippen molar-refractivity contribution in [3.05, 3.63) is 26.6 Å². The molecule has 20 heavy (non-hydrogen) atoms. The van der Waals surface area contributed by atoms with E-state index in [1.165, 1.54) is 0 Å². The molecule has 0 aliphatic heterocycles. The van der Waals surface area contributed by atoms with Crippen LogP contribution in [0.5, 0.6) is 5.75 Å². The number of carbonyl (C=O) groups is 1. The predicted octanol–water partition coefficient (Wildman–Crippen LogP) is 3.35. The van der Waals surface area contributed by atoms with Crippen molar-refractivity contribution in [3.8, 4) is 5.75 Å². The minimum absolute atomic E-state index is 0.124. The summed E-state index contributed by atoms with van der Waals surface area (Å²) in [6, 6.07) is 3.92. The second kappa shape index (κ2) is 8.00. The standard InChI is InChI=1S/C14H20Br2N2O2/c1-4-8(2)18-14(19)9(3)20-13-11(15)5-10(7-17)6-12(13)16/h5-6,8-9H,4,7,17H2,1-3H3,(H,18,19). The lowest BCUT2D eigenvalue weighted by Crippen LogP contribution is -2.41. The summed E-state index contributed by atoms with van der Waals surface area (Å²) in [5.41, 5.74) is 6.59. The highest BCUT2D eigenvalue weighted by Gasteiger charge is 2.19. The monoisotopic (exact) mass is 406 g/mol. The SMILES string of the molecule is CCC(C)NC(=O)C(C)Oc1c(Br)cc(CN)cc1Br. The summed E-state index contributed by atoms with van der Waals surface area (Å²) in [6.45, 7) is 6.16. The Hall–Kier alpha value is -0.590. The number of hydrogen-bond acceptors (Lipinski definition) is 3. The van der Waals surface area contributed by atoms with E-state index in [-0.39, 0.29) is 11.9 Å². The van der Waals surface area contributed by atoms with Crippen LogP contribution in [0.2, 0.25) is 0 Å². The van der Waals surface area contributed by atoms with Crippen molar-refractivity contribution in [2.45, 2.75) is 45.9 Å². The quantitative estimate of drug-likeness (QED) is 0.759. The first kappa shape index (κ1) is 17.5. The van der Waals surface area contributed by atoms with E-state index in [1.54, 1.807) is 6.92 Å². The number of amides is 1. The molecule has 0 aromatic heterocycles. The van der Waals surface area contributed by atoms with Crippen LogP contribution in [0.15, 0.2) is 21.1 Å². The van der Waals surface area contributed by atoms with Gasteiger partial charge < -0.3 is 15.8 Å². The molecule has 4 nitrogen and oxygen atoms in total. The van der Waals surface area contributed by atoms with Gasteiger partial charge in [-0.25, -0.2) is 0 Å². The smallest absolute Gasteiger partial charge is 0.260 e. The molecule has 1 amide bonds. The van der Waals surface area contributed by atoms with E-state index in [4.69, 9.17) is 10.5 Å². The van der Waals surface area contributed by atoms with Gasteiger partial charge in [-0.3, -0.25) is 4.79 Å². The van der Waals surface area contributed by atoms with Crippen molar-refractivity contribution in [3.63, 3.8) is 0 Å². The molecule has 0 aliphatic carbocycles. The Morgan fingerprint density at radius 3 is 2.35 bits per heavy atom. The molecule has 112 valence electrons. The maximum absolute atomic E-state index is 12.0. The summed E-state index contributed by atoms with van der Waals surface area (Å²) in [5, 5.41) is 2.90. The van der Waals surface area contributed by atoms with Gasteiger partial charge in [-0.1, -0.05) is 6.92 Å². The second-order valence-electron chi connectivity index (χ2n) is 4.67. The third-order valence-corrected chi connectivity index (χ3v) is 4.14. The Bertz CT molecular complexity index is 457. The lowest BCUT2D eigenvalue weighted by molar-refractivity contribution is -0.127. The van der Waals surface area contributed by atoms with E-state index in [0.29, 0.717) is 12.3 Å². The maximum atomic E-state index is 12.0. The molecule has 3 N–H and O–H groups in total. The average Bonchev–Trinajstić information content (AvgIpc) is 2.41. The van der Waals surface area contributed by atoms with E-state index in [0.717, 1.165) is 20.9 Å². The third-order valence-electron chi connectivity index (χ3n) is 2.96. The Morgan fingerprint density at radius 1 is 1.35 bits per heavy atom. The Kier molecular flexibility index (Phi) is 6.99. The van der Waals surface area contributed by atoms with Crippen LogP contribution < -0.4 is 15.8 Å². The van der Waals surface area contributed by atoms with Gasteiger partial charge >= 0.3 is 0 Å². The molecule has 1 aromatic rings. The molecular formula is C14H20Br2N2O2. The Labute approximate surface area is 136 Å². The summed E-state index contributed by atoms with van der Waals surface area (Å²) in [4.78, 5) is 12.0. The summed E-state index contributed by atoms with van der Waals surface area (Å²) in [6.07, 6.45) is 0.317. The average molecular weight is 408 g/mol. The molecule has 0 heterocycles. The second-order valence-corrected chi connectivity index (χ2v) is 6.38. The molecule has 2 unspecified atom stereocenters. The van der Waals surface area contributed by atoms with Crippen LogP contribution in [0.25, 0.3) is 0 Å². The third kappa shape index (κ3) is 4.75. The Balaban J connectivity index is 2.80. The van der Waals surface area contributed by atoms with Gasteiger partial charge in [0.05, 0.1) is 8.95 Å². The van der Waals surface area contributed by atoms with Crippen LogP contribution in [0.1, 0.15) is 32.8 Å². The topological polar surface area (TPSA) is 64.3 Å². The molecule has 1 aromatic carbocycles. The van der Waals surface area contributed by atoms with Crippen molar-refractivity contribution in [1.82, 2.24) is 5.32 Å². The van der Waals surface area contributed by atoms with Gasteiger partial charge in [-0.05, 0) is 69.8 Å². The van der Waals surface area contributed by atoms with E-state index < -0.39 is 6.10 Å². The summed E-state index contributed by atoms with van der Waals surface area (Å²) < 4.78 is 7.28. The van der Waals surface area contributed by atoms with Crippen LogP contribution in [-0.4, -0.2) is 18.1 Å². The lowest BCUT2D eigenvalue weighted by atomic mass is 10.2. The maximum Gasteiger partial charge on any atom is 0.260 e. The fraction of sp³-hybridized carbons (Fsp3) is 0.500. The molecule has 0 radical (unpaired) electrons. The van der Waals surface area contributed by atoms with Crippen LogP contribution in [0.3, 0.4) is 0 Å². The van der Waals surface area contributed by atoms with Gasteiger partial charge in [-0.2, -0.15) is 0 Å². The fourth-order valence-corrected chi connectivity index (χ4v) is 3.00. The first-order valence-corrected chi connectivity index (χ1v) is 8.12. The van der Waals surface area contributed by atoms with Gasteiger partial charge in [0.2, 0.25) is 0 Å². The zero-order valence-corrected chi connectivity index (χ0v) is 15.0. The van der Waals surface area contributed by atoms with Crippen LogP contribution >= 0.6 is 31.9 Å². The first-order valence-electron chi connectivity index (χ1n) is 6.54. The molecular weight excluding hydrogens is 388 g/mol. The number of benzene rings is 1. The molecule has 0 saturated heterocycles. The van der Waals surface area contributed by atoms with Crippen molar-refractivity contribution in [1.29, 1.82) is 0 Å². The minimum atomic E-state index is -0.569. The van der Waals surface area contributed by atoms with Crippen LogP contribution in [0.4, 0.5) is 0 Å². The van der Waals surface area contributed by atoms with Gasteiger partial charge in [0, 0.05) is 12.6 Å². The summed E-state index contributed by atoms with van der Waals surface area (Å²) in [5.74, 6) is 0.482. The summed E-state index contributed by atoms with van der Waals surface area (Å²) >= 11 is 6.88. The highest BCUT2D eigenvalue weighted by Crippen LogP contribution is 2.35. The summed E-state index contributed by atoms with van der Waals surface area (Å²) in [7, 11) is 0. The normalized spacial score (nSPS) is 13.7. The van der Waals surface area contributed by atoms with Crippen molar-refractivity contribution >= 4 is 37.8 Å². The number of ether oxygens (including phenoxy) is 1. The molecule has 0 bridgehead atoms. The highest BCUT2D eigenvalue weighted by molar-refractivity contribution is 9.11. The van der Waals surface area contributed by atoms with Gasteiger partial charge in [0.25, 0.3) is 5.91 Å². The molecule has 0 saturated carbocycles. The van der Waals surface area contributed by atoms with Gasteiger partial charge in [-0.15, -0.1) is 0 Å². The van der Waals surface area contributed by atoms with Crippen molar-refractivity contribution in [2.24, 2.45) is 5.73 Å². The number of nitrogens with two attached hydrogens (primary N) is 1. The van der Waals surface area contributed by atoms with E-state index >= 15 is 0 Å². The largest absolute Gasteiger partial charge is 0.479 e. The molecule has 0 spiro atoms. The van der Waals surface area contributed by atoms with Crippen molar-refractivity contribution in [2.75, 3.05) is 0 Å². The number of hydrogen-bond donors (Lipinski definition) is 2. The molecule has 1 rings (SSSR count). The Morgan fingerprint density at radius 2 is 1.90 bits per heavy atom. The number of rotatable bonds is 6. The zero-order valence-electron chi connectivity index (χ0n) is 11.9. The van der Waals surface area contributed by atoms with E-state index in [2.05, 4.69) is 37.2 Å². The number of nitrogens with one attached hydrogen (secondary N) is 1. The molecule has 6 heteroatoms. The van der Waals surface area contributed by atoms with Crippen LogP contribution in [0, 0.1) is 0 Å². The fourth-order valence-electron chi connectivity index (χ4n) is 1.54. The minimum Gasteiger partial charge on any atom is -0.479 e. The van der Waals surface area contributed by atoms with E-state index in [1.807, 2.05) is 26.0 Å². The number of halogens is 2. The van der Waals surface area contributed by atoms with Gasteiger partial charge in [0.15, 0.2) is 6.10 Å². The predicted molar refractivity (Wildman–Crippen MR) is 87.7 cm³/mol. The molecule has 0 aliphatic rings. The molecule has 0 fully saturated rings. The lowest BCUT2D eigenvalue weighted by Gasteiger charge is -2.19. The van der Waals surface area contributed by atoms with Crippen LogP contribution in [-0.2, 0) is 11.3 Å². The van der Waals surface area contributed by atoms with Crippen molar-refractivity contribution < 1.29 is 9.53 Å². The number of carbonyl (C=O) groups excluding carboxylic acids is 1. The zero-order chi connectivity index (χ0) is 15.3. The molecule has 2 atom stereocenters. The first-order chi connectivity index (χ1) is 9.38. The highest BCUT2D eigenvalue weighted by atomic mass is 79.9. The van der Waals surface area contributed by atoms with Gasteiger partial charge in [0.1, 0.15) is 5.75 Å². The van der Waals surface area contributed by atoms with E-state index in [9.17, 15) is 4.79 Å².